The first-order chi connectivity index (χ1) is 9.72. The average molecular weight is 287 g/mol. The van der Waals surface area contributed by atoms with Gasteiger partial charge in [-0.2, -0.15) is 0 Å². The van der Waals surface area contributed by atoms with Gasteiger partial charge in [0.2, 0.25) is 0 Å². The Balaban J connectivity index is 2.08. The van der Waals surface area contributed by atoms with Crippen molar-refractivity contribution in [3.63, 3.8) is 0 Å². The van der Waals surface area contributed by atoms with E-state index in [-0.39, 0.29) is 12.5 Å². The fourth-order valence-corrected chi connectivity index (χ4v) is 2.20. The van der Waals surface area contributed by atoms with Gasteiger partial charge >= 0.3 is 0 Å². The molecule has 5 nitrogen and oxygen atoms in total. The molecule has 2 N–H and O–H groups in total. The van der Waals surface area contributed by atoms with Crippen molar-refractivity contribution in [1.82, 2.24) is 14.9 Å². The average Bonchev–Trinajstić information content (AvgIpc) is 2.89. The Bertz CT molecular complexity index is 670. The molecule has 0 saturated carbocycles. The Morgan fingerprint density at radius 2 is 2.25 bits per heavy atom. The van der Waals surface area contributed by atoms with Crippen LogP contribution in [-0.2, 0) is 6.54 Å². The minimum Gasteiger partial charge on any atom is -0.384 e. The van der Waals surface area contributed by atoms with Crippen molar-refractivity contribution in [2.24, 2.45) is 0 Å². The molecule has 1 amide bonds. The molecule has 0 spiro atoms. The summed E-state index contributed by atoms with van der Waals surface area (Å²) in [7, 11) is 0. The number of carbonyl (C=O) groups excluding carboxylic acids is 1. The number of hydrogen-bond donors (Lipinski definition) is 2. The van der Waals surface area contributed by atoms with E-state index in [1.807, 2.05) is 24.3 Å². The van der Waals surface area contributed by atoms with Crippen LogP contribution in [0.1, 0.15) is 26.5 Å². The lowest BCUT2D eigenvalue weighted by atomic mass is 10.1. The van der Waals surface area contributed by atoms with Gasteiger partial charge in [-0.25, -0.2) is 0 Å². The molecule has 0 saturated heterocycles. The second kappa shape index (κ2) is 6.80. The summed E-state index contributed by atoms with van der Waals surface area (Å²) in [5, 5.41) is 15.4. The van der Waals surface area contributed by atoms with Gasteiger partial charge in [-0.15, -0.1) is 5.10 Å². The molecule has 0 unspecified atom stereocenters. The number of benzene rings is 1. The molecule has 6 heteroatoms. The van der Waals surface area contributed by atoms with E-state index in [9.17, 15) is 4.79 Å². The standard InChI is InChI=1S/C14H13N3O2S/c1-10-13(20-17-16-10)14(19)15-9-12-6-3-2-5-11(12)7-4-8-18/h2-3,5-6,18H,8-9H2,1H3,(H,15,19). The molecule has 0 fully saturated rings. The number of nitrogens with zero attached hydrogens (tertiary/aromatic N) is 2. The highest BCUT2D eigenvalue weighted by Gasteiger charge is 2.12. The van der Waals surface area contributed by atoms with Crippen LogP contribution < -0.4 is 5.32 Å². The predicted octanol–water partition coefficient (Wildman–Crippen LogP) is 1.12. The van der Waals surface area contributed by atoms with Crippen molar-refractivity contribution in [2.75, 3.05) is 6.61 Å². The van der Waals surface area contributed by atoms with Crippen LogP contribution in [0.4, 0.5) is 0 Å². The van der Waals surface area contributed by atoms with Gasteiger partial charge in [-0.3, -0.25) is 4.79 Å². The summed E-state index contributed by atoms with van der Waals surface area (Å²) in [4.78, 5) is 12.5. The van der Waals surface area contributed by atoms with Crippen molar-refractivity contribution in [1.29, 1.82) is 0 Å². The summed E-state index contributed by atoms with van der Waals surface area (Å²) in [6, 6.07) is 7.48. The Morgan fingerprint density at radius 3 is 2.95 bits per heavy atom. The first-order valence-corrected chi connectivity index (χ1v) is 6.74. The summed E-state index contributed by atoms with van der Waals surface area (Å²) in [5.74, 6) is 5.27. The first kappa shape index (κ1) is 14.2. The number of aromatic nitrogens is 2. The Labute approximate surface area is 120 Å². The van der Waals surface area contributed by atoms with Crippen LogP contribution in [0.25, 0.3) is 0 Å². The van der Waals surface area contributed by atoms with E-state index in [1.54, 1.807) is 6.92 Å². The topological polar surface area (TPSA) is 75.1 Å². The second-order valence-corrected chi connectivity index (χ2v) is 4.74. The van der Waals surface area contributed by atoms with Gasteiger partial charge in [0.1, 0.15) is 11.5 Å². The molecular formula is C14H13N3O2S. The lowest BCUT2D eigenvalue weighted by Crippen LogP contribution is -2.23. The monoisotopic (exact) mass is 287 g/mol. The molecular weight excluding hydrogens is 274 g/mol. The summed E-state index contributed by atoms with van der Waals surface area (Å²) in [6.45, 7) is 1.93. The van der Waals surface area contributed by atoms with Crippen LogP contribution in [-0.4, -0.2) is 27.2 Å². The molecule has 1 aromatic carbocycles. The van der Waals surface area contributed by atoms with Crippen LogP contribution >= 0.6 is 11.5 Å². The van der Waals surface area contributed by atoms with Gasteiger partial charge in [0.05, 0.1) is 5.69 Å². The predicted molar refractivity (Wildman–Crippen MR) is 76.2 cm³/mol. The largest absolute Gasteiger partial charge is 0.384 e. The van der Waals surface area contributed by atoms with Crippen molar-refractivity contribution < 1.29 is 9.90 Å². The zero-order chi connectivity index (χ0) is 14.4. The van der Waals surface area contributed by atoms with Gasteiger partial charge in [-0.1, -0.05) is 34.5 Å². The normalized spacial score (nSPS) is 9.70. The lowest BCUT2D eigenvalue weighted by Gasteiger charge is -2.06. The smallest absolute Gasteiger partial charge is 0.265 e. The molecule has 0 bridgehead atoms. The number of nitrogens with one attached hydrogen (secondary N) is 1. The number of aliphatic hydroxyl groups is 1. The van der Waals surface area contributed by atoms with Gasteiger partial charge in [0, 0.05) is 12.1 Å². The molecule has 102 valence electrons. The third-order valence-corrected chi connectivity index (χ3v) is 3.44. The Hall–Kier alpha value is -2.23. The number of hydrogen-bond acceptors (Lipinski definition) is 5. The highest BCUT2D eigenvalue weighted by Crippen LogP contribution is 2.10. The van der Waals surface area contributed by atoms with Crippen LogP contribution in [0.2, 0.25) is 0 Å². The van der Waals surface area contributed by atoms with E-state index in [1.165, 1.54) is 0 Å². The third kappa shape index (κ3) is 3.41. The maximum atomic E-state index is 12.0. The first-order valence-electron chi connectivity index (χ1n) is 5.97. The van der Waals surface area contributed by atoms with Crippen LogP contribution in [0.3, 0.4) is 0 Å². The molecule has 2 rings (SSSR count). The fraction of sp³-hybridized carbons (Fsp3) is 0.214. The molecule has 0 atom stereocenters. The highest BCUT2D eigenvalue weighted by atomic mass is 32.1. The molecule has 20 heavy (non-hydrogen) atoms. The van der Waals surface area contributed by atoms with Crippen LogP contribution in [0.15, 0.2) is 24.3 Å². The zero-order valence-electron chi connectivity index (χ0n) is 10.9. The maximum absolute atomic E-state index is 12.0. The summed E-state index contributed by atoms with van der Waals surface area (Å²) >= 11 is 1.08. The van der Waals surface area contributed by atoms with E-state index in [4.69, 9.17) is 5.11 Å². The molecule has 1 heterocycles. The van der Waals surface area contributed by atoms with E-state index in [2.05, 4.69) is 26.7 Å². The van der Waals surface area contributed by atoms with Gasteiger partial charge in [0.25, 0.3) is 5.91 Å². The van der Waals surface area contributed by atoms with Gasteiger partial charge in [0.15, 0.2) is 0 Å². The summed E-state index contributed by atoms with van der Waals surface area (Å²) in [5.41, 5.74) is 2.32. The minimum atomic E-state index is -0.192. The molecule has 0 aliphatic rings. The minimum absolute atomic E-state index is 0.188. The Morgan fingerprint density at radius 1 is 1.45 bits per heavy atom. The van der Waals surface area contributed by atoms with Crippen molar-refractivity contribution in [3.8, 4) is 11.8 Å². The SMILES string of the molecule is Cc1nnsc1C(=O)NCc1ccccc1C#CCO. The summed E-state index contributed by atoms with van der Waals surface area (Å²) < 4.78 is 3.74. The van der Waals surface area contributed by atoms with E-state index < -0.39 is 0 Å². The quantitative estimate of drug-likeness (QED) is 0.830. The number of aliphatic hydroxyl groups excluding tert-OH is 1. The van der Waals surface area contributed by atoms with Crippen molar-refractivity contribution >= 4 is 17.4 Å². The molecule has 0 radical (unpaired) electrons. The Kier molecular flexibility index (Phi) is 4.82. The zero-order valence-corrected chi connectivity index (χ0v) is 11.7. The van der Waals surface area contributed by atoms with Gasteiger partial charge < -0.3 is 10.4 Å². The summed E-state index contributed by atoms with van der Waals surface area (Å²) in [6.07, 6.45) is 0. The number of aryl methyl sites for hydroxylation is 1. The lowest BCUT2D eigenvalue weighted by molar-refractivity contribution is 0.0954. The van der Waals surface area contributed by atoms with Gasteiger partial charge in [-0.05, 0) is 30.1 Å². The second-order valence-electron chi connectivity index (χ2n) is 3.99. The molecule has 2 aromatic rings. The molecule has 1 aromatic heterocycles. The highest BCUT2D eigenvalue weighted by molar-refractivity contribution is 7.07. The van der Waals surface area contributed by atoms with Crippen molar-refractivity contribution in [2.45, 2.75) is 13.5 Å². The van der Waals surface area contributed by atoms with Crippen molar-refractivity contribution in [3.05, 3.63) is 46.0 Å². The number of amides is 1. The van der Waals surface area contributed by atoms with E-state index in [0.29, 0.717) is 17.1 Å². The van der Waals surface area contributed by atoms with Crippen LogP contribution in [0, 0.1) is 18.8 Å². The van der Waals surface area contributed by atoms with E-state index >= 15 is 0 Å². The fourth-order valence-electron chi connectivity index (χ4n) is 1.63. The van der Waals surface area contributed by atoms with Crippen LogP contribution in [0.5, 0.6) is 0 Å². The molecule has 0 aliphatic heterocycles. The molecule has 0 aliphatic carbocycles. The number of rotatable bonds is 3. The third-order valence-electron chi connectivity index (χ3n) is 2.62. The van der Waals surface area contributed by atoms with E-state index in [0.717, 1.165) is 22.7 Å². The number of carbonyl (C=O) groups is 1. The maximum Gasteiger partial charge on any atom is 0.265 e.